The van der Waals surface area contributed by atoms with Crippen molar-refractivity contribution in [3.05, 3.63) is 71.9 Å². The number of aryl methyl sites for hydroxylation is 4. The summed E-state index contributed by atoms with van der Waals surface area (Å²) in [5, 5.41) is 17.3. The highest BCUT2D eigenvalue weighted by Crippen LogP contribution is 2.37. The van der Waals surface area contributed by atoms with Crippen molar-refractivity contribution in [2.75, 3.05) is 7.11 Å². The highest BCUT2D eigenvalue weighted by atomic mass is 16.6. The maximum atomic E-state index is 10.7. The van der Waals surface area contributed by atoms with Gasteiger partial charge in [-0.25, -0.2) is 0 Å². The van der Waals surface area contributed by atoms with Crippen molar-refractivity contribution < 1.29 is 9.57 Å². The van der Waals surface area contributed by atoms with Gasteiger partial charge in [0.15, 0.2) is 7.11 Å². The predicted molar refractivity (Wildman–Crippen MR) is 104 cm³/mol. The molecular weight excluding hydrogens is 328 g/mol. The molecule has 0 unspecified atom stereocenters. The number of ether oxygens (including phenoxy) is 1. The molecule has 0 aliphatic rings. The van der Waals surface area contributed by atoms with Crippen molar-refractivity contribution in [1.82, 2.24) is 0 Å². The first-order valence-electron chi connectivity index (χ1n) is 8.28. The summed E-state index contributed by atoms with van der Waals surface area (Å²) in [6, 6.07) is 9.42. The molecule has 0 bridgehead atoms. The normalized spacial score (nSPS) is 9.65. The second-order valence-corrected chi connectivity index (χ2v) is 6.37. The summed E-state index contributed by atoms with van der Waals surface area (Å²) in [6.07, 6.45) is 0. The fourth-order valence-electron chi connectivity index (χ4n) is 3.23. The third-order valence-electron chi connectivity index (χ3n) is 4.41. The molecule has 0 saturated heterocycles. The third-order valence-corrected chi connectivity index (χ3v) is 4.41. The zero-order valence-corrected chi connectivity index (χ0v) is 16.3. The van der Waals surface area contributed by atoms with Crippen LogP contribution in [0.15, 0.2) is 12.1 Å². The average molecular weight is 351 g/mol. The Morgan fingerprint density at radius 3 is 1.65 bits per heavy atom. The number of rotatable bonds is 2. The molecule has 0 spiro atoms. The summed E-state index contributed by atoms with van der Waals surface area (Å²) in [5.74, 6) is 1.44. The van der Waals surface area contributed by atoms with Gasteiger partial charge in [0.25, 0.3) is 0 Å². The highest BCUT2D eigenvalue weighted by molar-refractivity contribution is 5.60. The lowest BCUT2D eigenvalue weighted by Crippen LogP contribution is -2.01. The molecule has 2 aromatic carbocycles. The fourth-order valence-corrected chi connectivity index (χ4v) is 3.23. The van der Waals surface area contributed by atoms with Crippen molar-refractivity contribution in [1.29, 1.82) is 0 Å². The fraction of sp³-hybridized carbons (Fsp3) is 0.333. The SMILES string of the molecule is CO[N+]#Cc1c(C)cc(C)c(Oc2c(C)cc(C)c(C#[N+][O-])c2C)c1C. The minimum Gasteiger partial charge on any atom is -0.498 e. The molecule has 5 heteroatoms. The van der Waals surface area contributed by atoms with Crippen LogP contribution in [0.2, 0.25) is 0 Å². The van der Waals surface area contributed by atoms with Crippen molar-refractivity contribution >= 4 is 0 Å². The van der Waals surface area contributed by atoms with Crippen molar-refractivity contribution in [2.24, 2.45) is 0 Å². The lowest BCUT2D eigenvalue weighted by Gasteiger charge is -2.18. The first-order valence-corrected chi connectivity index (χ1v) is 8.28. The minimum absolute atomic E-state index is 0.663. The van der Waals surface area contributed by atoms with Crippen LogP contribution in [0.3, 0.4) is 0 Å². The molecule has 0 aliphatic carbocycles. The van der Waals surface area contributed by atoms with E-state index < -0.39 is 0 Å². The van der Waals surface area contributed by atoms with Gasteiger partial charge in [0.1, 0.15) is 22.6 Å². The highest BCUT2D eigenvalue weighted by Gasteiger charge is 2.20. The maximum Gasteiger partial charge on any atom is 0.389 e. The first-order chi connectivity index (χ1) is 12.3. The molecule has 0 amide bonds. The van der Waals surface area contributed by atoms with Crippen LogP contribution < -0.4 is 4.74 Å². The quantitative estimate of drug-likeness (QED) is 0.647. The largest absolute Gasteiger partial charge is 0.498 e. The summed E-state index contributed by atoms with van der Waals surface area (Å²) in [5.41, 5.74) is 7.21. The van der Waals surface area contributed by atoms with E-state index in [-0.39, 0.29) is 0 Å². The summed E-state index contributed by atoms with van der Waals surface area (Å²) >= 11 is 0. The molecule has 0 N–H and O–H groups in total. The van der Waals surface area contributed by atoms with Gasteiger partial charge in [-0.05, 0) is 63.8 Å². The Hall–Kier alpha value is -3.18. The Balaban J connectivity index is 2.66. The Bertz CT molecular complexity index is 987. The van der Waals surface area contributed by atoms with Gasteiger partial charge in [0, 0.05) is 16.1 Å². The number of benzene rings is 2. The second kappa shape index (κ2) is 7.80. The van der Waals surface area contributed by atoms with E-state index in [2.05, 4.69) is 22.2 Å². The van der Waals surface area contributed by atoms with Gasteiger partial charge in [-0.1, -0.05) is 12.1 Å². The first kappa shape index (κ1) is 19.1. The molecule has 0 heterocycles. The predicted octanol–water partition coefficient (Wildman–Crippen LogP) is 5.75. The number of nitrogens with zero attached hydrogens (tertiary/aromatic N) is 2. The van der Waals surface area contributed by atoms with Crippen LogP contribution in [-0.2, 0) is 4.84 Å². The van der Waals surface area contributed by atoms with Crippen molar-refractivity contribution in [3.8, 4) is 23.6 Å². The van der Waals surface area contributed by atoms with Gasteiger partial charge in [-0.2, -0.15) is 4.84 Å². The smallest absolute Gasteiger partial charge is 0.389 e. The lowest BCUT2D eigenvalue weighted by molar-refractivity contribution is 0.330. The van der Waals surface area contributed by atoms with Gasteiger partial charge in [-0.3, -0.25) is 0 Å². The van der Waals surface area contributed by atoms with E-state index in [0.717, 1.165) is 44.7 Å². The summed E-state index contributed by atoms with van der Waals surface area (Å²) in [7, 11) is 1.48. The van der Waals surface area contributed by atoms with Crippen LogP contribution in [-0.4, -0.2) is 7.11 Å². The number of hydrogen-bond acceptors (Lipinski definition) is 3. The van der Waals surface area contributed by atoms with Crippen LogP contribution in [0.25, 0.3) is 10.0 Å². The Kier molecular flexibility index (Phi) is 5.75. The zero-order valence-electron chi connectivity index (χ0n) is 16.3. The van der Waals surface area contributed by atoms with Gasteiger partial charge >= 0.3 is 12.1 Å². The van der Waals surface area contributed by atoms with Crippen LogP contribution in [0.5, 0.6) is 11.5 Å². The van der Waals surface area contributed by atoms with E-state index in [4.69, 9.17) is 9.57 Å². The molecule has 2 aromatic rings. The third kappa shape index (κ3) is 3.58. The monoisotopic (exact) mass is 351 g/mol. The summed E-state index contributed by atoms with van der Waals surface area (Å²) in [4.78, 5) is 4.76. The summed E-state index contributed by atoms with van der Waals surface area (Å²) < 4.78 is 6.31. The molecule has 0 saturated carbocycles. The Morgan fingerprint density at radius 2 is 1.23 bits per heavy atom. The van der Waals surface area contributed by atoms with Crippen LogP contribution in [0.1, 0.15) is 44.5 Å². The second-order valence-electron chi connectivity index (χ2n) is 6.37. The maximum absolute atomic E-state index is 10.7. The minimum atomic E-state index is 0.663. The molecule has 5 nitrogen and oxygen atoms in total. The van der Waals surface area contributed by atoms with Gasteiger partial charge in [0.05, 0.1) is 0 Å². The molecule has 0 radical (unpaired) electrons. The lowest BCUT2D eigenvalue weighted by atomic mass is 9.97. The van der Waals surface area contributed by atoms with E-state index in [0.29, 0.717) is 11.3 Å². The van der Waals surface area contributed by atoms with Gasteiger partial charge in [-0.15, -0.1) is 0 Å². The van der Waals surface area contributed by atoms with Crippen LogP contribution in [0.4, 0.5) is 0 Å². The van der Waals surface area contributed by atoms with Gasteiger partial charge < -0.3 is 9.94 Å². The van der Waals surface area contributed by atoms with E-state index in [1.165, 1.54) is 7.11 Å². The van der Waals surface area contributed by atoms with Gasteiger partial charge in [0.2, 0.25) is 5.01 Å². The van der Waals surface area contributed by atoms with E-state index in [1.54, 1.807) is 0 Å². The van der Waals surface area contributed by atoms with Crippen LogP contribution in [0, 0.1) is 58.9 Å². The van der Waals surface area contributed by atoms with E-state index in [9.17, 15) is 5.21 Å². The number of hydrogen-bond donors (Lipinski definition) is 0. The average Bonchev–Trinajstić information content (AvgIpc) is 2.57. The molecule has 0 aliphatic heterocycles. The topological polar surface area (TPSA) is 50.2 Å². The Morgan fingerprint density at radius 1 is 0.769 bits per heavy atom. The standard InChI is InChI=1S/C21H23N2O3/c1-12-8-14(3)20(16(5)18(12)10-22-24)26-21-15(4)9-13(2)19(17(21)6)11-23-25-7/h8-9H,1-7H3/q+1. The van der Waals surface area contributed by atoms with Crippen LogP contribution >= 0.6 is 0 Å². The summed E-state index contributed by atoms with van der Waals surface area (Å²) in [6.45, 7) is 11.8. The molecule has 0 fully saturated rings. The van der Waals surface area contributed by atoms with E-state index >= 15 is 0 Å². The molecule has 2 rings (SSSR count). The Labute approximate surface area is 154 Å². The van der Waals surface area contributed by atoms with Crippen molar-refractivity contribution in [2.45, 2.75) is 41.5 Å². The molecule has 134 valence electrons. The van der Waals surface area contributed by atoms with E-state index in [1.807, 2.05) is 53.7 Å². The molecule has 0 aromatic heterocycles. The molecular formula is C21H23N2O3+. The molecule has 0 atom stereocenters. The van der Waals surface area contributed by atoms with Crippen molar-refractivity contribution in [3.63, 3.8) is 0 Å². The zero-order chi connectivity index (χ0) is 19.4. The molecule has 26 heavy (non-hydrogen) atoms.